The molecule has 0 spiro atoms. The maximum Gasteiger partial charge on any atom is 0.0857 e. The summed E-state index contributed by atoms with van der Waals surface area (Å²) in [5, 5.41) is 4.30. The van der Waals surface area contributed by atoms with Crippen molar-refractivity contribution in [2.45, 2.75) is 64.3 Å². The van der Waals surface area contributed by atoms with E-state index >= 15 is 0 Å². The zero-order valence-electron chi connectivity index (χ0n) is 11.6. The van der Waals surface area contributed by atoms with Gasteiger partial charge in [0.15, 0.2) is 0 Å². The molecule has 2 rings (SSSR count). The van der Waals surface area contributed by atoms with Gasteiger partial charge in [0.1, 0.15) is 0 Å². The Balaban J connectivity index is 2.14. The normalized spacial score (nSPS) is 19.3. The first-order valence-electron chi connectivity index (χ1n) is 6.81. The van der Waals surface area contributed by atoms with Crippen LogP contribution in [0.15, 0.2) is 0 Å². The van der Waals surface area contributed by atoms with Gasteiger partial charge in [-0.3, -0.25) is 11.3 Å². The molecule has 1 aliphatic rings. The van der Waals surface area contributed by atoms with E-state index < -0.39 is 0 Å². The molecule has 5 heteroatoms. The van der Waals surface area contributed by atoms with Gasteiger partial charge in [-0.25, -0.2) is 0 Å². The van der Waals surface area contributed by atoms with Gasteiger partial charge in [0, 0.05) is 5.41 Å². The number of nitrogens with one attached hydrogen (secondary N) is 1. The van der Waals surface area contributed by atoms with Gasteiger partial charge in [-0.1, -0.05) is 50.9 Å². The lowest BCUT2D eigenvalue weighted by molar-refractivity contribution is 0.397. The number of aromatic nitrogens is 2. The second-order valence-corrected chi connectivity index (χ2v) is 7.13. The van der Waals surface area contributed by atoms with Crippen LogP contribution in [-0.2, 0) is 5.41 Å². The summed E-state index contributed by atoms with van der Waals surface area (Å²) >= 11 is 1.49. The Labute approximate surface area is 113 Å². The zero-order chi connectivity index (χ0) is 13.2. The number of nitrogens with zero attached hydrogens (tertiary/aromatic N) is 2. The van der Waals surface area contributed by atoms with E-state index in [1.165, 1.54) is 42.1 Å². The minimum absolute atomic E-state index is 0.0348. The first-order valence-corrected chi connectivity index (χ1v) is 7.58. The summed E-state index contributed by atoms with van der Waals surface area (Å²) in [6.45, 7) is 6.53. The Morgan fingerprint density at radius 3 is 2.61 bits per heavy atom. The van der Waals surface area contributed by atoms with E-state index in [0.717, 1.165) is 18.0 Å². The minimum atomic E-state index is 0.0348. The van der Waals surface area contributed by atoms with Crippen LogP contribution < -0.4 is 11.3 Å². The lowest BCUT2D eigenvalue weighted by Gasteiger charge is -2.23. The summed E-state index contributed by atoms with van der Waals surface area (Å²) in [4.78, 5) is 1.22. The standard InChI is InChI=1S/C13H24N4S/c1-13(2,3)12-11(18-17-16-12)10(15-14)8-9-6-4-5-7-9/h9-10,15H,4-8,14H2,1-3H3. The second-order valence-electron chi connectivity index (χ2n) is 6.34. The highest BCUT2D eigenvalue weighted by molar-refractivity contribution is 7.05. The third-order valence-electron chi connectivity index (χ3n) is 3.79. The number of hydrogen-bond acceptors (Lipinski definition) is 5. The van der Waals surface area contributed by atoms with Crippen molar-refractivity contribution in [3.63, 3.8) is 0 Å². The molecule has 1 unspecified atom stereocenters. The van der Waals surface area contributed by atoms with Crippen molar-refractivity contribution < 1.29 is 0 Å². The number of hydrazine groups is 1. The van der Waals surface area contributed by atoms with Crippen LogP contribution in [-0.4, -0.2) is 9.59 Å². The SMILES string of the molecule is CC(C)(C)c1nnsc1C(CC1CCCC1)NN. The summed E-state index contributed by atoms with van der Waals surface area (Å²) in [6.07, 6.45) is 6.54. The van der Waals surface area contributed by atoms with Crippen LogP contribution >= 0.6 is 11.5 Å². The van der Waals surface area contributed by atoms with Crippen molar-refractivity contribution in [2.75, 3.05) is 0 Å². The number of hydrogen-bond donors (Lipinski definition) is 2. The Hall–Kier alpha value is -0.520. The minimum Gasteiger partial charge on any atom is -0.271 e. The van der Waals surface area contributed by atoms with Gasteiger partial charge in [-0.2, -0.15) is 0 Å². The van der Waals surface area contributed by atoms with E-state index in [2.05, 4.69) is 35.8 Å². The Bertz CT molecular complexity index is 377. The van der Waals surface area contributed by atoms with Gasteiger partial charge in [0.05, 0.1) is 16.6 Å². The molecule has 3 N–H and O–H groups in total. The fraction of sp³-hybridized carbons (Fsp3) is 0.846. The lowest BCUT2D eigenvalue weighted by atomic mass is 9.88. The van der Waals surface area contributed by atoms with Crippen LogP contribution in [0.3, 0.4) is 0 Å². The molecule has 0 radical (unpaired) electrons. The summed E-state index contributed by atoms with van der Waals surface area (Å²) in [5.74, 6) is 6.56. The highest BCUT2D eigenvalue weighted by Gasteiger charge is 2.29. The third kappa shape index (κ3) is 3.08. The Morgan fingerprint density at radius 1 is 1.39 bits per heavy atom. The van der Waals surface area contributed by atoms with Crippen LogP contribution in [0, 0.1) is 5.92 Å². The fourth-order valence-corrected chi connectivity index (χ4v) is 3.71. The van der Waals surface area contributed by atoms with Crippen molar-refractivity contribution >= 4 is 11.5 Å². The largest absolute Gasteiger partial charge is 0.271 e. The molecule has 102 valence electrons. The smallest absolute Gasteiger partial charge is 0.0857 e. The molecule has 1 aliphatic carbocycles. The van der Waals surface area contributed by atoms with Crippen molar-refractivity contribution in [2.24, 2.45) is 11.8 Å². The quantitative estimate of drug-likeness (QED) is 0.651. The summed E-state index contributed by atoms with van der Waals surface area (Å²) in [6, 6.07) is 0.210. The highest BCUT2D eigenvalue weighted by atomic mass is 32.1. The predicted molar refractivity (Wildman–Crippen MR) is 75.2 cm³/mol. The Kier molecular flexibility index (Phi) is 4.35. The van der Waals surface area contributed by atoms with Crippen LogP contribution in [0.25, 0.3) is 0 Å². The van der Waals surface area contributed by atoms with E-state index in [1.807, 2.05) is 0 Å². The molecule has 1 atom stereocenters. The molecule has 0 saturated heterocycles. The van der Waals surface area contributed by atoms with E-state index in [0.29, 0.717) is 0 Å². The van der Waals surface area contributed by atoms with Crippen LogP contribution in [0.4, 0.5) is 0 Å². The van der Waals surface area contributed by atoms with Crippen molar-refractivity contribution in [1.29, 1.82) is 0 Å². The molecule has 0 aromatic carbocycles. The van der Waals surface area contributed by atoms with E-state index in [9.17, 15) is 0 Å². The topological polar surface area (TPSA) is 63.8 Å². The van der Waals surface area contributed by atoms with Crippen molar-refractivity contribution in [3.8, 4) is 0 Å². The molecule has 1 saturated carbocycles. The van der Waals surface area contributed by atoms with E-state index in [-0.39, 0.29) is 11.5 Å². The van der Waals surface area contributed by atoms with Gasteiger partial charge >= 0.3 is 0 Å². The number of rotatable bonds is 4. The summed E-state index contributed by atoms with van der Waals surface area (Å²) in [7, 11) is 0. The molecule has 0 bridgehead atoms. The molecular weight excluding hydrogens is 244 g/mol. The first kappa shape index (κ1) is 13.9. The maximum atomic E-state index is 5.76. The van der Waals surface area contributed by atoms with Crippen molar-refractivity contribution in [3.05, 3.63) is 10.6 Å². The highest BCUT2D eigenvalue weighted by Crippen LogP contribution is 2.37. The monoisotopic (exact) mass is 268 g/mol. The molecule has 18 heavy (non-hydrogen) atoms. The second kappa shape index (κ2) is 5.63. The molecular formula is C13H24N4S. The molecule has 1 heterocycles. The Morgan fingerprint density at radius 2 is 2.06 bits per heavy atom. The molecule has 0 amide bonds. The predicted octanol–water partition coefficient (Wildman–Crippen LogP) is 2.92. The fourth-order valence-electron chi connectivity index (χ4n) is 2.78. The van der Waals surface area contributed by atoms with Crippen LogP contribution in [0.5, 0.6) is 0 Å². The maximum absolute atomic E-state index is 5.76. The van der Waals surface area contributed by atoms with Crippen molar-refractivity contribution in [1.82, 2.24) is 15.0 Å². The van der Waals surface area contributed by atoms with Crippen LogP contribution in [0.1, 0.15) is 69.5 Å². The molecule has 4 nitrogen and oxygen atoms in total. The first-order chi connectivity index (χ1) is 8.52. The van der Waals surface area contributed by atoms with E-state index in [1.54, 1.807) is 0 Å². The summed E-state index contributed by atoms with van der Waals surface area (Å²) in [5.41, 5.74) is 4.10. The lowest BCUT2D eigenvalue weighted by Crippen LogP contribution is -2.30. The molecule has 0 aliphatic heterocycles. The molecule has 1 aromatic rings. The molecule has 1 aromatic heterocycles. The van der Waals surface area contributed by atoms with Gasteiger partial charge in [0.2, 0.25) is 0 Å². The average molecular weight is 268 g/mol. The summed E-state index contributed by atoms with van der Waals surface area (Å²) < 4.78 is 4.13. The average Bonchev–Trinajstić information content (AvgIpc) is 2.95. The zero-order valence-corrected chi connectivity index (χ0v) is 12.4. The molecule has 1 fully saturated rings. The van der Waals surface area contributed by atoms with Gasteiger partial charge in [-0.05, 0) is 23.9 Å². The van der Waals surface area contributed by atoms with Gasteiger partial charge in [-0.15, -0.1) is 5.10 Å². The third-order valence-corrected chi connectivity index (χ3v) is 4.62. The van der Waals surface area contributed by atoms with Crippen LogP contribution in [0.2, 0.25) is 0 Å². The number of nitrogens with two attached hydrogens (primary N) is 1. The van der Waals surface area contributed by atoms with E-state index in [4.69, 9.17) is 5.84 Å². The van der Waals surface area contributed by atoms with Gasteiger partial charge in [0.25, 0.3) is 0 Å². The van der Waals surface area contributed by atoms with Gasteiger partial charge < -0.3 is 0 Å².